The lowest BCUT2D eigenvalue weighted by molar-refractivity contribution is -0.359. The largest absolute Gasteiger partial charge is 0.394 e. The number of carbonyl (C=O) groups excluding carboxylic acids is 1. The molecule has 1 amide bonds. The zero-order valence-electron chi connectivity index (χ0n) is 40.0. The Kier molecular flexibility index (Phi) is 34.4. The van der Waals surface area contributed by atoms with E-state index in [1.165, 1.54) is 51.4 Å². The molecule has 0 aromatic heterocycles. The van der Waals surface area contributed by atoms with Crippen LogP contribution in [0.5, 0.6) is 0 Å². The van der Waals surface area contributed by atoms with Gasteiger partial charge in [0.1, 0.15) is 48.8 Å². The number of ether oxygens (including phenoxy) is 4. The first kappa shape index (κ1) is 59.1. The Labute approximate surface area is 391 Å². The summed E-state index contributed by atoms with van der Waals surface area (Å²) in [5, 5.41) is 86.5. The predicted octanol–water partition coefficient (Wildman–Crippen LogP) is 6.49. The van der Waals surface area contributed by atoms with Crippen LogP contribution in [0.4, 0.5) is 0 Å². The van der Waals surface area contributed by atoms with Gasteiger partial charge in [0, 0.05) is 6.42 Å². The topological polar surface area (TPSA) is 228 Å². The number of carbonyl (C=O) groups is 1. The highest BCUT2D eigenvalue weighted by Gasteiger charge is 2.51. The minimum Gasteiger partial charge on any atom is -0.394 e. The Morgan fingerprint density at radius 1 is 0.569 bits per heavy atom. The molecule has 2 rings (SSSR count). The van der Waals surface area contributed by atoms with Crippen molar-refractivity contribution in [2.24, 2.45) is 0 Å². The molecule has 65 heavy (non-hydrogen) atoms. The van der Waals surface area contributed by atoms with Gasteiger partial charge in [-0.1, -0.05) is 165 Å². The van der Waals surface area contributed by atoms with E-state index < -0.39 is 86.8 Å². The van der Waals surface area contributed by atoms with Crippen molar-refractivity contribution in [3.8, 4) is 0 Å². The van der Waals surface area contributed by atoms with Crippen LogP contribution < -0.4 is 5.32 Å². The van der Waals surface area contributed by atoms with Gasteiger partial charge < -0.3 is 65.1 Å². The molecule has 2 aliphatic heterocycles. The second kappa shape index (κ2) is 37.9. The van der Waals surface area contributed by atoms with Crippen molar-refractivity contribution in [1.29, 1.82) is 0 Å². The van der Waals surface area contributed by atoms with E-state index in [1.54, 1.807) is 0 Å². The van der Waals surface area contributed by atoms with Crippen LogP contribution in [-0.4, -0.2) is 140 Å². The second-order valence-electron chi connectivity index (χ2n) is 17.9. The molecular formula is C51H91NO13. The molecule has 9 N–H and O–H groups in total. The molecule has 0 aromatic carbocycles. The minimum atomic E-state index is -1.78. The van der Waals surface area contributed by atoms with Crippen molar-refractivity contribution in [2.45, 2.75) is 248 Å². The van der Waals surface area contributed by atoms with Crippen LogP contribution in [0.2, 0.25) is 0 Å². The molecule has 2 heterocycles. The highest BCUT2D eigenvalue weighted by molar-refractivity contribution is 5.76. The quantitative estimate of drug-likeness (QED) is 0.0239. The maximum Gasteiger partial charge on any atom is 0.220 e. The number of hydrogen-bond acceptors (Lipinski definition) is 13. The Morgan fingerprint density at radius 2 is 1.06 bits per heavy atom. The molecule has 378 valence electrons. The van der Waals surface area contributed by atoms with Crippen LogP contribution in [0.15, 0.2) is 48.6 Å². The van der Waals surface area contributed by atoms with Gasteiger partial charge in [-0.15, -0.1) is 0 Å². The lowest BCUT2D eigenvalue weighted by Crippen LogP contribution is -2.65. The molecule has 0 spiro atoms. The number of rotatable bonds is 38. The summed E-state index contributed by atoms with van der Waals surface area (Å²) < 4.78 is 22.6. The van der Waals surface area contributed by atoms with E-state index in [0.717, 1.165) is 96.3 Å². The lowest BCUT2D eigenvalue weighted by Gasteiger charge is -2.46. The molecule has 14 heteroatoms. The summed E-state index contributed by atoms with van der Waals surface area (Å²) in [7, 11) is 0. The Hall–Kier alpha value is -2.05. The normalized spacial score (nSPS) is 27.4. The number of allylic oxidation sites excluding steroid dienone is 8. The number of hydrogen-bond donors (Lipinski definition) is 9. The number of unbranched alkanes of at least 4 members (excludes halogenated alkanes) is 17. The van der Waals surface area contributed by atoms with E-state index in [4.69, 9.17) is 18.9 Å². The summed E-state index contributed by atoms with van der Waals surface area (Å²) in [4.78, 5) is 13.1. The standard InChI is InChI=1S/C51H91NO13/c1-3-5-7-9-11-12-13-14-15-16-17-18-19-20-21-22-23-24-25-26-27-28-29-31-33-35-43(56)52-39(40(55)34-32-30-10-8-6-4-2)38-62-50-48(61)46(59)49(42(37-54)64-50)65-51-47(60)45(58)44(57)41(36-53)63-51/h5,7,11-12,14-15,17-18,39-42,44-51,53-55,57-61H,3-4,6,8-10,13,16,19-38H2,1-2H3,(H,52,56)/b7-5-,12-11-,15-14-,18-17-. The van der Waals surface area contributed by atoms with E-state index >= 15 is 0 Å². The molecule has 2 fully saturated rings. The lowest BCUT2D eigenvalue weighted by atomic mass is 9.97. The van der Waals surface area contributed by atoms with Crippen LogP contribution in [0.1, 0.15) is 174 Å². The monoisotopic (exact) mass is 926 g/mol. The average Bonchev–Trinajstić information content (AvgIpc) is 3.30. The minimum absolute atomic E-state index is 0.217. The fourth-order valence-corrected chi connectivity index (χ4v) is 8.17. The molecule has 0 saturated carbocycles. The van der Waals surface area contributed by atoms with Crippen molar-refractivity contribution in [2.75, 3.05) is 19.8 Å². The van der Waals surface area contributed by atoms with E-state index in [9.17, 15) is 45.6 Å². The van der Waals surface area contributed by atoms with Crippen LogP contribution >= 0.6 is 0 Å². The fraction of sp³-hybridized carbons (Fsp3) is 0.824. The number of nitrogens with one attached hydrogen (secondary N) is 1. The summed E-state index contributed by atoms with van der Waals surface area (Å²) in [6.45, 7) is 2.65. The van der Waals surface area contributed by atoms with Crippen molar-refractivity contribution in [3.05, 3.63) is 48.6 Å². The number of amides is 1. The second-order valence-corrected chi connectivity index (χ2v) is 17.9. The van der Waals surface area contributed by atoms with Crippen LogP contribution in [0.25, 0.3) is 0 Å². The van der Waals surface area contributed by atoms with Crippen LogP contribution in [0, 0.1) is 0 Å². The van der Waals surface area contributed by atoms with E-state index in [0.29, 0.717) is 12.8 Å². The van der Waals surface area contributed by atoms with Gasteiger partial charge in [0.05, 0.1) is 32.0 Å². The fourth-order valence-electron chi connectivity index (χ4n) is 8.17. The van der Waals surface area contributed by atoms with Crippen LogP contribution in [-0.2, 0) is 23.7 Å². The van der Waals surface area contributed by atoms with Gasteiger partial charge in [-0.3, -0.25) is 4.79 Å². The highest BCUT2D eigenvalue weighted by atomic mass is 16.7. The SMILES string of the molecule is CC/C=C\C/C=C\C/C=C\C/C=C\CCCCCCCCCCCCCCC(=O)NC(COC1OC(CO)C(OC2OC(CO)C(O)C(O)C2O)C(O)C1O)C(O)CCCCCCCC. The molecule has 2 aliphatic rings. The molecule has 12 atom stereocenters. The van der Waals surface area contributed by atoms with Gasteiger partial charge >= 0.3 is 0 Å². The highest BCUT2D eigenvalue weighted by Crippen LogP contribution is 2.30. The van der Waals surface area contributed by atoms with Gasteiger partial charge in [-0.25, -0.2) is 0 Å². The molecule has 14 nitrogen and oxygen atoms in total. The first-order valence-corrected chi connectivity index (χ1v) is 25.4. The van der Waals surface area contributed by atoms with E-state index in [2.05, 4.69) is 67.8 Å². The first-order chi connectivity index (χ1) is 31.6. The third-order valence-corrected chi connectivity index (χ3v) is 12.3. The van der Waals surface area contributed by atoms with E-state index in [1.807, 2.05) is 0 Å². The molecular weight excluding hydrogens is 835 g/mol. The summed E-state index contributed by atoms with van der Waals surface area (Å²) >= 11 is 0. The molecule has 0 aliphatic carbocycles. The molecule has 0 radical (unpaired) electrons. The summed E-state index contributed by atoms with van der Waals surface area (Å²) in [6, 6.07) is -0.827. The van der Waals surface area contributed by atoms with Crippen LogP contribution in [0.3, 0.4) is 0 Å². The maximum absolute atomic E-state index is 13.1. The van der Waals surface area contributed by atoms with Gasteiger partial charge in [0.25, 0.3) is 0 Å². The number of aliphatic hydroxyl groups is 8. The van der Waals surface area contributed by atoms with Gasteiger partial charge in [-0.05, 0) is 51.4 Å². The van der Waals surface area contributed by atoms with Gasteiger partial charge in [-0.2, -0.15) is 0 Å². The molecule has 12 unspecified atom stereocenters. The Balaban J connectivity index is 1.68. The van der Waals surface area contributed by atoms with Crippen molar-refractivity contribution in [3.63, 3.8) is 0 Å². The Bertz CT molecular complexity index is 1280. The molecule has 0 aromatic rings. The smallest absolute Gasteiger partial charge is 0.220 e. The van der Waals surface area contributed by atoms with Gasteiger partial charge in [0.2, 0.25) is 5.91 Å². The average molecular weight is 926 g/mol. The zero-order chi connectivity index (χ0) is 47.5. The molecule has 0 bridgehead atoms. The number of aliphatic hydroxyl groups excluding tert-OH is 8. The van der Waals surface area contributed by atoms with E-state index in [-0.39, 0.29) is 12.5 Å². The summed E-state index contributed by atoms with van der Waals surface area (Å²) in [6.07, 6.45) is 27.4. The zero-order valence-corrected chi connectivity index (χ0v) is 40.0. The van der Waals surface area contributed by atoms with Crippen molar-refractivity contribution >= 4 is 5.91 Å². The molecule has 2 saturated heterocycles. The first-order valence-electron chi connectivity index (χ1n) is 25.4. The predicted molar refractivity (Wildman–Crippen MR) is 254 cm³/mol. The van der Waals surface area contributed by atoms with Crippen molar-refractivity contribution in [1.82, 2.24) is 5.32 Å². The van der Waals surface area contributed by atoms with Crippen molar-refractivity contribution < 1.29 is 64.6 Å². The summed E-state index contributed by atoms with van der Waals surface area (Å²) in [5.41, 5.74) is 0. The van der Waals surface area contributed by atoms with Gasteiger partial charge in [0.15, 0.2) is 12.6 Å². The maximum atomic E-state index is 13.1. The Morgan fingerprint density at radius 3 is 1.63 bits per heavy atom. The third-order valence-electron chi connectivity index (χ3n) is 12.3. The third kappa shape index (κ3) is 25.2. The summed E-state index contributed by atoms with van der Waals surface area (Å²) in [5.74, 6) is -0.217.